The van der Waals surface area contributed by atoms with Crippen molar-refractivity contribution >= 4 is 11.6 Å². The Labute approximate surface area is 182 Å². The molecule has 1 amide bonds. The molecule has 0 aliphatic rings. The molecule has 0 radical (unpaired) electrons. The van der Waals surface area contributed by atoms with Gasteiger partial charge in [0.15, 0.2) is 11.5 Å². The summed E-state index contributed by atoms with van der Waals surface area (Å²) < 4.78 is 13.5. The smallest absolute Gasteiger partial charge is 0.267 e. The molecule has 0 saturated carbocycles. The Bertz CT molecular complexity index is 1300. The Morgan fingerprint density at radius 1 is 1.03 bits per heavy atom. The van der Waals surface area contributed by atoms with E-state index in [1.54, 1.807) is 36.7 Å². The molecule has 0 spiro atoms. The predicted octanol–water partition coefficient (Wildman–Crippen LogP) is 0.860. The fourth-order valence-electron chi connectivity index (χ4n) is 2.97. The van der Waals surface area contributed by atoms with Crippen LogP contribution in [0.3, 0.4) is 0 Å². The average Bonchev–Trinajstić information content (AvgIpc) is 3.22. The minimum absolute atomic E-state index is 0.156. The van der Waals surface area contributed by atoms with Crippen LogP contribution in [0.15, 0.2) is 53.3 Å². The fraction of sp³-hybridized carbons (Fsp3) is 0.238. The number of nitrogens with one attached hydrogen (secondary N) is 1. The predicted molar refractivity (Wildman–Crippen MR) is 115 cm³/mol. The molecule has 0 atom stereocenters. The van der Waals surface area contributed by atoms with Gasteiger partial charge in [-0.15, -0.1) is 15.3 Å². The Hall–Kier alpha value is -4.28. The van der Waals surface area contributed by atoms with Crippen LogP contribution in [0.25, 0.3) is 17.0 Å². The van der Waals surface area contributed by atoms with Crippen molar-refractivity contribution in [1.29, 1.82) is 0 Å². The van der Waals surface area contributed by atoms with Crippen molar-refractivity contribution < 1.29 is 14.3 Å². The number of fused-ring (bicyclic) bond motifs is 1. The number of ether oxygens (including phenoxy) is 2. The molecule has 0 unspecified atom stereocenters. The van der Waals surface area contributed by atoms with E-state index in [0.717, 1.165) is 16.0 Å². The van der Waals surface area contributed by atoms with E-state index in [2.05, 4.69) is 25.7 Å². The molecule has 0 aliphatic heterocycles. The SMILES string of the molecule is COc1ccc(-c2nnc3ccc(OCCNC(=O)Cn4nc(C)ccc4=O)nn23)cc1. The zero-order chi connectivity index (χ0) is 22.5. The second kappa shape index (κ2) is 9.25. The summed E-state index contributed by atoms with van der Waals surface area (Å²) in [4.78, 5) is 23.8. The highest BCUT2D eigenvalue weighted by Crippen LogP contribution is 2.21. The summed E-state index contributed by atoms with van der Waals surface area (Å²) in [6, 6.07) is 13.8. The first-order valence-electron chi connectivity index (χ1n) is 9.84. The third-order valence-corrected chi connectivity index (χ3v) is 4.55. The number of benzene rings is 1. The molecule has 3 heterocycles. The molecule has 0 fully saturated rings. The molecule has 11 nitrogen and oxygen atoms in total. The number of nitrogens with zero attached hydrogens (tertiary/aromatic N) is 6. The molecule has 1 N–H and O–H groups in total. The fourth-order valence-corrected chi connectivity index (χ4v) is 2.97. The van der Waals surface area contributed by atoms with Crippen molar-refractivity contribution in [3.05, 3.63) is 64.6 Å². The first-order valence-corrected chi connectivity index (χ1v) is 9.84. The van der Waals surface area contributed by atoms with E-state index in [1.165, 1.54) is 6.07 Å². The topological polar surface area (TPSA) is 126 Å². The molecule has 0 bridgehead atoms. The van der Waals surface area contributed by atoms with Crippen LogP contribution in [0.4, 0.5) is 0 Å². The van der Waals surface area contributed by atoms with Crippen molar-refractivity contribution in [2.75, 3.05) is 20.3 Å². The van der Waals surface area contributed by atoms with Gasteiger partial charge in [0, 0.05) is 17.7 Å². The Kier molecular flexibility index (Phi) is 6.06. The summed E-state index contributed by atoms with van der Waals surface area (Å²) in [5.41, 5.74) is 1.73. The second-order valence-electron chi connectivity index (χ2n) is 6.86. The molecular formula is C21H21N7O4. The lowest BCUT2D eigenvalue weighted by molar-refractivity contribution is -0.122. The minimum atomic E-state index is -0.335. The van der Waals surface area contributed by atoms with E-state index in [-0.39, 0.29) is 31.2 Å². The van der Waals surface area contributed by atoms with Crippen LogP contribution >= 0.6 is 0 Å². The molecule has 1 aromatic carbocycles. The summed E-state index contributed by atoms with van der Waals surface area (Å²) in [6.07, 6.45) is 0. The Morgan fingerprint density at radius 2 is 1.84 bits per heavy atom. The number of hydrogen-bond donors (Lipinski definition) is 1. The summed E-state index contributed by atoms with van der Waals surface area (Å²) >= 11 is 0. The Balaban J connectivity index is 1.35. The average molecular weight is 435 g/mol. The Morgan fingerprint density at radius 3 is 2.62 bits per heavy atom. The van der Waals surface area contributed by atoms with Gasteiger partial charge in [0.1, 0.15) is 18.9 Å². The summed E-state index contributed by atoms with van der Waals surface area (Å²) in [5, 5.41) is 19.5. The molecule has 3 aromatic heterocycles. The zero-order valence-electron chi connectivity index (χ0n) is 17.6. The standard InChI is InChI=1S/C21H21N7O4/c1-14-3-10-20(30)27(25-14)13-18(29)22-11-12-32-19-9-8-17-23-24-21(28(17)26-19)15-4-6-16(31-2)7-5-15/h3-10H,11-13H2,1-2H3,(H,22,29). The van der Waals surface area contributed by atoms with Gasteiger partial charge in [0.25, 0.3) is 5.56 Å². The van der Waals surface area contributed by atoms with Crippen molar-refractivity contribution in [2.24, 2.45) is 0 Å². The van der Waals surface area contributed by atoms with Crippen molar-refractivity contribution in [3.8, 4) is 23.0 Å². The maximum absolute atomic E-state index is 12.1. The molecule has 0 aliphatic carbocycles. The van der Waals surface area contributed by atoms with Crippen LogP contribution in [0, 0.1) is 6.92 Å². The van der Waals surface area contributed by atoms with Gasteiger partial charge in [0.2, 0.25) is 11.8 Å². The van der Waals surface area contributed by atoms with Gasteiger partial charge in [-0.05, 0) is 43.3 Å². The van der Waals surface area contributed by atoms with Crippen LogP contribution in [0.2, 0.25) is 0 Å². The van der Waals surface area contributed by atoms with E-state index in [0.29, 0.717) is 23.0 Å². The first-order chi connectivity index (χ1) is 15.5. The van der Waals surface area contributed by atoms with Crippen LogP contribution in [0.5, 0.6) is 11.6 Å². The molecule has 32 heavy (non-hydrogen) atoms. The van der Waals surface area contributed by atoms with Gasteiger partial charge < -0.3 is 14.8 Å². The van der Waals surface area contributed by atoms with Crippen LogP contribution in [-0.4, -0.2) is 55.8 Å². The monoisotopic (exact) mass is 435 g/mol. The lowest BCUT2D eigenvalue weighted by Gasteiger charge is -2.08. The third-order valence-electron chi connectivity index (χ3n) is 4.55. The largest absolute Gasteiger partial charge is 0.497 e. The lowest BCUT2D eigenvalue weighted by atomic mass is 10.2. The lowest BCUT2D eigenvalue weighted by Crippen LogP contribution is -2.35. The van der Waals surface area contributed by atoms with E-state index >= 15 is 0 Å². The molecule has 11 heteroatoms. The van der Waals surface area contributed by atoms with E-state index in [1.807, 2.05) is 24.3 Å². The molecular weight excluding hydrogens is 414 g/mol. The van der Waals surface area contributed by atoms with Gasteiger partial charge in [-0.3, -0.25) is 9.59 Å². The maximum atomic E-state index is 12.1. The van der Waals surface area contributed by atoms with Gasteiger partial charge in [0.05, 0.1) is 19.3 Å². The highest BCUT2D eigenvalue weighted by molar-refractivity contribution is 5.75. The third kappa shape index (κ3) is 4.72. The number of carbonyl (C=O) groups is 1. The van der Waals surface area contributed by atoms with Crippen LogP contribution in [-0.2, 0) is 11.3 Å². The zero-order valence-corrected chi connectivity index (χ0v) is 17.6. The molecule has 0 saturated heterocycles. The maximum Gasteiger partial charge on any atom is 0.267 e. The summed E-state index contributed by atoms with van der Waals surface area (Å²) in [6.45, 7) is 2.03. The van der Waals surface area contributed by atoms with Crippen molar-refractivity contribution in [2.45, 2.75) is 13.5 Å². The highest BCUT2D eigenvalue weighted by Gasteiger charge is 2.11. The summed E-state index contributed by atoms with van der Waals surface area (Å²) in [5.74, 6) is 1.33. The number of aryl methyl sites for hydroxylation is 1. The number of rotatable bonds is 8. The van der Waals surface area contributed by atoms with Crippen molar-refractivity contribution in [1.82, 2.24) is 34.9 Å². The highest BCUT2D eigenvalue weighted by atomic mass is 16.5. The van der Waals surface area contributed by atoms with Crippen LogP contribution in [0.1, 0.15) is 5.69 Å². The van der Waals surface area contributed by atoms with E-state index in [4.69, 9.17) is 9.47 Å². The number of amides is 1. The van der Waals surface area contributed by atoms with E-state index < -0.39 is 0 Å². The first kappa shape index (κ1) is 21.0. The van der Waals surface area contributed by atoms with Gasteiger partial charge in [-0.25, -0.2) is 4.68 Å². The number of methoxy groups -OCH3 is 1. The summed E-state index contributed by atoms with van der Waals surface area (Å²) in [7, 11) is 1.61. The van der Waals surface area contributed by atoms with Crippen molar-refractivity contribution in [3.63, 3.8) is 0 Å². The van der Waals surface area contributed by atoms with Gasteiger partial charge >= 0.3 is 0 Å². The quantitative estimate of drug-likeness (QED) is 0.404. The number of aromatic nitrogens is 6. The second-order valence-corrected chi connectivity index (χ2v) is 6.86. The normalized spacial score (nSPS) is 10.8. The molecule has 4 rings (SSSR count). The minimum Gasteiger partial charge on any atom is -0.497 e. The van der Waals surface area contributed by atoms with Crippen LogP contribution < -0.4 is 20.3 Å². The van der Waals surface area contributed by atoms with E-state index in [9.17, 15) is 9.59 Å². The number of carbonyl (C=O) groups excluding carboxylic acids is 1. The van der Waals surface area contributed by atoms with Gasteiger partial charge in [-0.1, -0.05) is 0 Å². The molecule has 164 valence electrons. The molecule has 4 aromatic rings. The van der Waals surface area contributed by atoms with Gasteiger partial charge in [-0.2, -0.15) is 9.61 Å². The number of hydrogen-bond acceptors (Lipinski definition) is 8.